The lowest BCUT2D eigenvalue weighted by Gasteiger charge is -2.10. The van der Waals surface area contributed by atoms with Crippen molar-refractivity contribution >= 4 is 29.3 Å². The second kappa shape index (κ2) is 10.8. The van der Waals surface area contributed by atoms with Crippen molar-refractivity contribution in [3.05, 3.63) is 92.8 Å². The van der Waals surface area contributed by atoms with Crippen molar-refractivity contribution in [3.8, 4) is 5.75 Å². The number of alkyl halides is 2. The molecule has 0 unspecified atom stereocenters. The maximum Gasteiger partial charge on any atom is 0.280 e. The van der Waals surface area contributed by atoms with Crippen LogP contribution in [-0.4, -0.2) is 27.8 Å². The van der Waals surface area contributed by atoms with Gasteiger partial charge >= 0.3 is 0 Å². The third-order valence-electron chi connectivity index (χ3n) is 4.53. The molecule has 0 aliphatic carbocycles. The molecular formula is C23H19F2N3O4S. The highest BCUT2D eigenvalue weighted by molar-refractivity contribution is 7.98. The number of rotatable bonds is 9. The zero-order valence-electron chi connectivity index (χ0n) is 17.7. The van der Waals surface area contributed by atoms with Crippen LogP contribution in [0, 0.1) is 17.0 Å². The molecule has 3 rings (SSSR count). The Morgan fingerprint density at radius 1 is 1.21 bits per heavy atom. The monoisotopic (exact) mass is 471 g/mol. The minimum absolute atomic E-state index is 0.00512. The summed E-state index contributed by atoms with van der Waals surface area (Å²) in [5, 5.41) is 11.4. The fourth-order valence-electron chi connectivity index (χ4n) is 3.00. The first kappa shape index (κ1) is 24.0. The molecule has 170 valence electrons. The van der Waals surface area contributed by atoms with E-state index in [-0.39, 0.29) is 22.1 Å². The number of methoxy groups -OCH3 is 1. The Morgan fingerprint density at radius 3 is 2.67 bits per heavy atom. The van der Waals surface area contributed by atoms with Crippen molar-refractivity contribution in [2.75, 3.05) is 7.11 Å². The van der Waals surface area contributed by atoms with E-state index in [1.807, 2.05) is 0 Å². The molecule has 1 heterocycles. The highest BCUT2D eigenvalue weighted by Gasteiger charge is 2.17. The van der Waals surface area contributed by atoms with Crippen LogP contribution in [0.5, 0.6) is 5.75 Å². The number of ketones is 1. The number of para-hydroxylation sites is 1. The molecule has 0 spiro atoms. The molecule has 0 aliphatic rings. The number of nitrogens with zero attached hydrogens (tertiary/aromatic N) is 3. The van der Waals surface area contributed by atoms with Crippen LogP contribution in [0.4, 0.5) is 14.5 Å². The molecule has 0 fully saturated rings. The van der Waals surface area contributed by atoms with Gasteiger partial charge in [-0.15, -0.1) is 0 Å². The molecule has 0 saturated heterocycles. The number of ether oxygens (including phenoxy) is 1. The molecule has 7 nitrogen and oxygen atoms in total. The standard InChI is InChI=1S/C23H19F2N3O4S/c1-14-11-18(22(24)25)27-23(26-14)33-13-16-12-15(8-10-21(16)32-2)7-9-20(29)17-5-3-4-6-19(17)28(30)31/h3-12,22H,13H2,1-2H3/b9-7+. The Hall–Kier alpha value is -3.66. The van der Waals surface area contributed by atoms with Gasteiger partial charge in [0.15, 0.2) is 10.9 Å². The Balaban J connectivity index is 1.80. The molecule has 0 N–H and O–H groups in total. The second-order valence-electron chi connectivity index (χ2n) is 6.85. The fourth-order valence-corrected chi connectivity index (χ4v) is 3.89. The highest BCUT2D eigenvalue weighted by Crippen LogP contribution is 2.29. The Bertz CT molecular complexity index is 1220. The zero-order valence-corrected chi connectivity index (χ0v) is 18.5. The number of hydrogen-bond acceptors (Lipinski definition) is 7. The summed E-state index contributed by atoms with van der Waals surface area (Å²) in [6.45, 7) is 1.62. The summed E-state index contributed by atoms with van der Waals surface area (Å²) in [4.78, 5) is 31.1. The molecule has 0 radical (unpaired) electrons. The van der Waals surface area contributed by atoms with E-state index in [4.69, 9.17) is 4.74 Å². The highest BCUT2D eigenvalue weighted by atomic mass is 32.2. The smallest absolute Gasteiger partial charge is 0.280 e. The van der Waals surface area contributed by atoms with Gasteiger partial charge in [0.2, 0.25) is 0 Å². The van der Waals surface area contributed by atoms with E-state index in [2.05, 4.69) is 9.97 Å². The van der Waals surface area contributed by atoms with Crippen molar-refractivity contribution < 1.29 is 23.2 Å². The molecule has 3 aromatic rings. The number of halogens is 2. The maximum atomic E-state index is 13.0. The van der Waals surface area contributed by atoms with Crippen LogP contribution in [-0.2, 0) is 5.75 Å². The number of aromatic nitrogens is 2. The largest absolute Gasteiger partial charge is 0.496 e. The van der Waals surface area contributed by atoms with Gasteiger partial charge < -0.3 is 4.74 Å². The molecule has 0 aliphatic heterocycles. The van der Waals surface area contributed by atoms with Crippen molar-refractivity contribution in [3.63, 3.8) is 0 Å². The maximum absolute atomic E-state index is 13.0. The van der Waals surface area contributed by atoms with E-state index in [1.165, 1.54) is 49.2 Å². The number of nitro benzene ring substituents is 1. The Kier molecular flexibility index (Phi) is 7.83. The Labute approximate surface area is 192 Å². The summed E-state index contributed by atoms with van der Waals surface area (Å²) in [5.41, 5.74) is 1.25. The van der Waals surface area contributed by atoms with Crippen molar-refractivity contribution in [1.82, 2.24) is 9.97 Å². The van der Waals surface area contributed by atoms with Crippen LogP contribution in [0.25, 0.3) is 6.08 Å². The summed E-state index contributed by atoms with van der Waals surface area (Å²) in [5.74, 6) is 0.419. The van der Waals surface area contributed by atoms with Gasteiger partial charge in [-0.1, -0.05) is 36.0 Å². The molecule has 0 amide bonds. The van der Waals surface area contributed by atoms with Crippen LogP contribution >= 0.6 is 11.8 Å². The quantitative estimate of drug-likeness (QED) is 0.0968. The molecule has 0 saturated carbocycles. The molecule has 0 bridgehead atoms. The van der Waals surface area contributed by atoms with Crippen molar-refractivity contribution in [2.24, 2.45) is 0 Å². The third-order valence-corrected chi connectivity index (χ3v) is 5.43. The average Bonchev–Trinajstić information content (AvgIpc) is 2.80. The van der Waals surface area contributed by atoms with E-state index in [0.29, 0.717) is 22.8 Å². The first-order chi connectivity index (χ1) is 15.8. The summed E-state index contributed by atoms with van der Waals surface area (Å²) in [6, 6.07) is 12.2. The van der Waals surface area contributed by atoms with E-state index in [1.54, 1.807) is 37.3 Å². The normalized spacial score (nSPS) is 11.2. The molecule has 10 heteroatoms. The minimum atomic E-state index is -2.69. The predicted molar refractivity (Wildman–Crippen MR) is 121 cm³/mol. The number of carbonyl (C=O) groups excluding carboxylic acids is 1. The molecule has 2 aromatic carbocycles. The van der Waals surface area contributed by atoms with E-state index >= 15 is 0 Å². The minimum Gasteiger partial charge on any atom is -0.496 e. The van der Waals surface area contributed by atoms with E-state index in [0.717, 1.165) is 5.56 Å². The summed E-state index contributed by atoms with van der Waals surface area (Å²) < 4.78 is 31.4. The van der Waals surface area contributed by atoms with Gasteiger partial charge in [-0.2, -0.15) is 0 Å². The average molecular weight is 471 g/mol. The summed E-state index contributed by atoms with van der Waals surface area (Å²) in [6.07, 6.45) is 0.122. The lowest BCUT2D eigenvalue weighted by molar-refractivity contribution is -0.385. The number of carbonyl (C=O) groups is 1. The SMILES string of the molecule is COc1ccc(/C=C/C(=O)c2ccccc2[N+](=O)[O-])cc1CSc1nc(C)cc(C(F)F)n1. The number of aryl methyl sites for hydroxylation is 1. The topological polar surface area (TPSA) is 95.2 Å². The van der Waals surface area contributed by atoms with Crippen LogP contribution in [0.1, 0.15) is 39.3 Å². The second-order valence-corrected chi connectivity index (χ2v) is 7.79. The lowest BCUT2D eigenvalue weighted by atomic mass is 10.1. The first-order valence-corrected chi connectivity index (χ1v) is 10.7. The van der Waals surface area contributed by atoms with Gasteiger partial charge in [0.25, 0.3) is 12.1 Å². The predicted octanol–water partition coefficient (Wildman–Crippen LogP) is 5.83. The summed E-state index contributed by atoms with van der Waals surface area (Å²) >= 11 is 1.18. The number of benzene rings is 2. The van der Waals surface area contributed by atoms with Gasteiger partial charge in [0, 0.05) is 23.1 Å². The number of hydrogen-bond donors (Lipinski definition) is 0. The van der Waals surface area contributed by atoms with Crippen LogP contribution < -0.4 is 4.74 Å². The third kappa shape index (κ3) is 6.19. The van der Waals surface area contributed by atoms with Gasteiger partial charge in [0.1, 0.15) is 11.4 Å². The lowest BCUT2D eigenvalue weighted by Crippen LogP contribution is -2.00. The Morgan fingerprint density at radius 2 is 1.97 bits per heavy atom. The van der Waals surface area contributed by atoms with Crippen molar-refractivity contribution in [2.45, 2.75) is 24.3 Å². The van der Waals surface area contributed by atoms with E-state index < -0.39 is 17.1 Å². The van der Waals surface area contributed by atoms with Gasteiger partial charge in [-0.05, 0) is 42.8 Å². The number of thioether (sulfide) groups is 1. The number of allylic oxidation sites excluding steroid dienone is 1. The van der Waals surface area contributed by atoms with Gasteiger partial charge in [-0.25, -0.2) is 18.7 Å². The number of nitro groups is 1. The van der Waals surface area contributed by atoms with E-state index in [9.17, 15) is 23.7 Å². The first-order valence-electron chi connectivity index (χ1n) is 9.67. The fraction of sp³-hybridized carbons (Fsp3) is 0.174. The molecule has 1 aromatic heterocycles. The molecule has 0 atom stereocenters. The van der Waals surface area contributed by atoms with Crippen molar-refractivity contribution in [1.29, 1.82) is 0 Å². The zero-order chi connectivity index (χ0) is 24.0. The van der Waals surface area contributed by atoms with Crippen LogP contribution in [0.15, 0.2) is 59.8 Å². The molecule has 33 heavy (non-hydrogen) atoms. The van der Waals surface area contributed by atoms with Crippen LogP contribution in [0.2, 0.25) is 0 Å². The van der Waals surface area contributed by atoms with Crippen LogP contribution in [0.3, 0.4) is 0 Å². The van der Waals surface area contributed by atoms with Gasteiger partial charge in [-0.3, -0.25) is 14.9 Å². The molecular weight excluding hydrogens is 452 g/mol. The van der Waals surface area contributed by atoms with Gasteiger partial charge in [0.05, 0.1) is 17.6 Å². The summed E-state index contributed by atoms with van der Waals surface area (Å²) in [7, 11) is 1.51.